The van der Waals surface area contributed by atoms with Gasteiger partial charge < -0.3 is 10.1 Å². The molecule has 1 amide bonds. The van der Waals surface area contributed by atoms with Crippen molar-refractivity contribution >= 4 is 21.8 Å². The van der Waals surface area contributed by atoms with Crippen molar-refractivity contribution in [1.82, 2.24) is 5.32 Å². The third kappa shape index (κ3) is 4.95. The molecule has 0 spiro atoms. The predicted molar refractivity (Wildman–Crippen MR) is 78.4 cm³/mol. The van der Waals surface area contributed by atoms with Crippen molar-refractivity contribution in [2.75, 3.05) is 0 Å². The van der Waals surface area contributed by atoms with Gasteiger partial charge in [-0.15, -0.1) is 13.2 Å². The molecule has 2 aromatic rings. The molecule has 0 fully saturated rings. The van der Waals surface area contributed by atoms with Crippen LogP contribution in [0.25, 0.3) is 0 Å². The molecule has 1 N–H and O–H groups in total. The number of carbonyl (C=O) groups excluding carboxylic acids is 1. The lowest BCUT2D eigenvalue weighted by Crippen LogP contribution is -2.24. The predicted octanol–water partition coefficient (Wildman–Crippen LogP) is 4.42. The fourth-order valence-corrected chi connectivity index (χ4v) is 2.24. The molecule has 2 rings (SSSR count). The van der Waals surface area contributed by atoms with Gasteiger partial charge in [0.25, 0.3) is 5.91 Å². The molecule has 0 aromatic heterocycles. The Bertz CT molecular complexity index is 719. The molecular formula is C15H10BrF4NO2. The van der Waals surface area contributed by atoms with Crippen molar-refractivity contribution < 1.29 is 27.1 Å². The first-order chi connectivity index (χ1) is 10.8. The van der Waals surface area contributed by atoms with E-state index in [4.69, 9.17) is 0 Å². The molecule has 0 aliphatic rings. The van der Waals surface area contributed by atoms with E-state index in [2.05, 4.69) is 26.0 Å². The number of alkyl halides is 3. The molecular weight excluding hydrogens is 382 g/mol. The lowest BCUT2D eigenvalue weighted by Gasteiger charge is -2.14. The number of ether oxygens (including phenoxy) is 1. The number of benzene rings is 2. The Morgan fingerprint density at radius 1 is 1.17 bits per heavy atom. The third-order valence-corrected chi connectivity index (χ3v) is 3.50. The van der Waals surface area contributed by atoms with Crippen LogP contribution in [0.4, 0.5) is 17.6 Å². The SMILES string of the molecule is O=C(NCc1ccccc1OC(F)(F)F)c1cc(F)ccc1Br. The fourth-order valence-electron chi connectivity index (χ4n) is 1.82. The highest BCUT2D eigenvalue weighted by Crippen LogP contribution is 2.26. The molecule has 0 radical (unpaired) electrons. The number of para-hydroxylation sites is 1. The largest absolute Gasteiger partial charge is 0.573 e. The van der Waals surface area contributed by atoms with Crippen LogP contribution in [-0.2, 0) is 6.54 Å². The van der Waals surface area contributed by atoms with Crippen LogP contribution < -0.4 is 10.1 Å². The standard InChI is InChI=1S/C15H10BrF4NO2/c16-12-6-5-10(17)7-11(12)14(22)21-8-9-3-1-2-4-13(9)23-15(18,19)20/h1-7H,8H2,(H,21,22). The molecule has 3 nitrogen and oxygen atoms in total. The number of hydrogen-bond donors (Lipinski definition) is 1. The van der Waals surface area contributed by atoms with Crippen molar-refractivity contribution in [3.8, 4) is 5.75 Å². The highest BCUT2D eigenvalue weighted by molar-refractivity contribution is 9.10. The zero-order valence-electron chi connectivity index (χ0n) is 11.5. The van der Waals surface area contributed by atoms with Gasteiger partial charge >= 0.3 is 6.36 Å². The van der Waals surface area contributed by atoms with Gasteiger partial charge in [-0.05, 0) is 40.2 Å². The summed E-state index contributed by atoms with van der Waals surface area (Å²) in [5, 5.41) is 2.43. The van der Waals surface area contributed by atoms with Gasteiger partial charge in [0.2, 0.25) is 0 Å². The van der Waals surface area contributed by atoms with E-state index in [-0.39, 0.29) is 17.7 Å². The summed E-state index contributed by atoms with van der Waals surface area (Å²) < 4.78 is 54.4. The maximum Gasteiger partial charge on any atom is 0.573 e. The lowest BCUT2D eigenvalue weighted by atomic mass is 10.1. The van der Waals surface area contributed by atoms with Gasteiger partial charge in [0, 0.05) is 16.6 Å². The molecule has 0 bridgehead atoms. The van der Waals surface area contributed by atoms with Crippen LogP contribution in [0, 0.1) is 5.82 Å². The van der Waals surface area contributed by atoms with E-state index in [1.165, 1.54) is 30.3 Å². The topological polar surface area (TPSA) is 38.3 Å². The van der Waals surface area contributed by atoms with Gasteiger partial charge in [-0.3, -0.25) is 4.79 Å². The highest BCUT2D eigenvalue weighted by atomic mass is 79.9. The average Bonchev–Trinajstić information content (AvgIpc) is 2.47. The number of carbonyl (C=O) groups is 1. The van der Waals surface area contributed by atoms with Crippen LogP contribution in [0.3, 0.4) is 0 Å². The van der Waals surface area contributed by atoms with Crippen LogP contribution in [0.2, 0.25) is 0 Å². The second-order valence-corrected chi connectivity index (χ2v) is 5.32. The first-order valence-electron chi connectivity index (χ1n) is 6.33. The highest BCUT2D eigenvalue weighted by Gasteiger charge is 2.32. The summed E-state index contributed by atoms with van der Waals surface area (Å²) in [6, 6.07) is 9.00. The molecule has 2 aromatic carbocycles. The Labute approximate surface area is 137 Å². The average molecular weight is 392 g/mol. The Kier molecular flexibility index (Phi) is 5.25. The van der Waals surface area contributed by atoms with Crippen molar-refractivity contribution in [2.24, 2.45) is 0 Å². The number of amides is 1. The van der Waals surface area contributed by atoms with Crippen LogP contribution in [0.15, 0.2) is 46.9 Å². The summed E-state index contributed by atoms with van der Waals surface area (Å²) in [5.74, 6) is -1.63. The maximum absolute atomic E-state index is 13.2. The summed E-state index contributed by atoms with van der Waals surface area (Å²) in [4.78, 5) is 12.0. The molecule has 0 saturated heterocycles. The van der Waals surface area contributed by atoms with Gasteiger partial charge in [-0.1, -0.05) is 18.2 Å². The molecule has 0 heterocycles. The lowest BCUT2D eigenvalue weighted by molar-refractivity contribution is -0.274. The smallest absolute Gasteiger partial charge is 0.405 e. The number of rotatable bonds is 4. The quantitative estimate of drug-likeness (QED) is 0.783. The number of hydrogen-bond acceptors (Lipinski definition) is 2. The summed E-state index contributed by atoms with van der Waals surface area (Å²) in [7, 11) is 0. The Morgan fingerprint density at radius 2 is 1.87 bits per heavy atom. The summed E-state index contributed by atoms with van der Waals surface area (Å²) in [6.45, 7) is -0.200. The first kappa shape index (κ1) is 17.3. The Hall–Kier alpha value is -2.09. The van der Waals surface area contributed by atoms with E-state index in [9.17, 15) is 22.4 Å². The van der Waals surface area contributed by atoms with Crippen LogP contribution in [0.5, 0.6) is 5.75 Å². The second-order valence-electron chi connectivity index (χ2n) is 4.46. The molecule has 0 aliphatic heterocycles. The molecule has 8 heteroatoms. The normalized spacial score (nSPS) is 11.2. The minimum Gasteiger partial charge on any atom is -0.405 e. The van der Waals surface area contributed by atoms with Crippen molar-refractivity contribution in [1.29, 1.82) is 0 Å². The third-order valence-electron chi connectivity index (χ3n) is 2.81. The van der Waals surface area contributed by atoms with Crippen molar-refractivity contribution in [3.63, 3.8) is 0 Å². The molecule has 0 aliphatic carbocycles. The number of halogens is 5. The van der Waals surface area contributed by atoms with Crippen LogP contribution in [-0.4, -0.2) is 12.3 Å². The van der Waals surface area contributed by atoms with Crippen LogP contribution >= 0.6 is 15.9 Å². The molecule has 0 unspecified atom stereocenters. The van der Waals surface area contributed by atoms with E-state index in [0.29, 0.717) is 4.47 Å². The second kappa shape index (κ2) is 6.99. The summed E-state index contributed by atoms with van der Waals surface area (Å²) >= 11 is 3.11. The van der Waals surface area contributed by atoms with Crippen molar-refractivity contribution in [2.45, 2.75) is 12.9 Å². The van der Waals surface area contributed by atoms with Gasteiger partial charge in [0.15, 0.2) is 0 Å². The molecule has 0 saturated carbocycles. The first-order valence-corrected chi connectivity index (χ1v) is 7.12. The van der Waals surface area contributed by atoms with E-state index >= 15 is 0 Å². The zero-order valence-corrected chi connectivity index (χ0v) is 13.0. The van der Waals surface area contributed by atoms with Gasteiger partial charge in [0.05, 0.1) is 5.56 Å². The molecule has 122 valence electrons. The zero-order chi connectivity index (χ0) is 17.0. The van der Waals surface area contributed by atoms with E-state index in [1.807, 2.05) is 0 Å². The van der Waals surface area contributed by atoms with Gasteiger partial charge in [0.1, 0.15) is 11.6 Å². The maximum atomic E-state index is 13.2. The van der Waals surface area contributed by atoms with E-state index in [0.717, 1.165) is 12.1 Å². The Balaban J connectivity index is 2.12. The van der Waals surface area contributed by atoms with E-state index in [1.54, 1.807) is 0 Å². The van der Waals surface area contributed by atoms with E-state index < -0.39 is 23.8 Å². The molecule has 0 atom stereocenters. The minimum atomic E-state index is -4.83. The fraction of sp³-hybridized carbons (Fsp3) is 0.133. The van der Waals surface area contributed by atoms with Crippen LogP contribution in [0.1, 0.15) is 15.9 Å². The molecule has 23 heavy (non-hydrogen) atoms. The minimum absolute atomic E-state index is 0.0409. The monoisotopic (exact) mass is 391 g/mol. The van der Waals surface area contributed by atoms with Gasteiger partial charge in [-0.2, -0.15) is 0 Å². The van der Waals surface area contributed by atoms with Gasteiger partial charge in [-0.25, -0.2) is 4.39 Å². The number of nitrogens with one attached hydrogen (secondary N) is 1. The summed E-state index contributed by atoms with van der Waals surface area (Å²) in [6.07, 6.45) is -4.83. The van der Waals surface area contributed by atoms with Crippen molar-refractivity contribution in [3.05, 3.63) is 63.9 Å². The Morgan fingerprint density at radius 3 is 2.57 bits per heavy atom. The summed E-state index contributed by atoms with van der Waals surface area (Å²) in [5.41, 5.74) is 0.185.